The highest BCUT2D eigenvalue weighted by atomic mass is 19.1. The third kappa shape index (κ3) is 5.32. The van der Waals surface area contributed by atoms with Crippen LogP contribution in [0.15, 0.2) is 60.7 Å². The maximum absolute atomic E-state index is 13.4. The van der Waals surface area contributed by atoms with Crippen molar-refractivity contribution in [2.45, 2.75) is 32.6 Å². The van der Waals surface area contributed by atoms with Gasteiger partial charge in [0.25, 0.3) is 0 Å². The van der Waals surface area contributed by atoms with Crippen LogP contribution in [0, 0.1) is 25.5 Å². The fraction of sp³-hybridized carbons (Fsp3) is 0.192. The van der Waals surface area contributed by atoms with Gasteiger partial charge in [-0.3, -0.25) is 9.59 Å². The number of Topliss-reactive ketones (excluding diaryl/α,β-unsaturated/α-hetero) is 2. The minimum absolute atomic E-state index is 0.0447. The van der Waals surface area contributed by atoms with Gasteiger partial charge in [-0.15, -0.1) is 0 Å². The van der Waals surface area contributed by atoms with Crippen LogP contribution in [-0.4, -0.2) is 22.6 Å². The van der Waals surface area contributed by atoms with E-state index in [1.165, 1.54) is 48.5 Å². The summed E-state index contributed by atoms with van der Waals surface area (Å²) >= 11 is 0. The number of aryl methyl sites for hydroxylation is 2. The molecule has 0 aliphatic heterocycles. The van der Waals surface area contributed by atoms with E-state index in [-0.39, 0.29) is 30.0 Å². The first-order chi connectivity index (χ1) is 15.2. The van der Waals surface area contributed by atoms with Crippen molar-refractivity contribution in [2.24, 2.45) is 0 Å². The molecular weight excluding hydrogens is 414 g/mol. The minimum Gasteiger partial charge on any atom is -0.478 e. The van der Waals surface area contributed by atoms with Gasteiger partial charge in [-0.05, 0) is 85.0 Å². The Morgan fingerprint density at radius 3 is 1.72 bits per heavy atom. The van der Waals surface area contributed by atoms with Gasteiger partial charge in [-0.2, -0.15) is 0 Å². The molecular formula is C26H22F2O4. The number of carbonyl (C=O) groups is 3. The number of carbonyl (C=O) groups excluding carboxylic acids is 2. The molecule has 0 aromatic heterocycles. The Labute approximate surface area is 184 Å². The van der Waals surface area contributed by atoms with Gasteiger partial charge in [-0.25, -0.2) is 13.6 Å². The maximum atomic E-state index is 13.4. The standard InChI is InChI=1S/C26H22F2O4/c1-15-10-20(27)6-8-22(15)24(29)13-19(17-4-3-5-18(12-17)26(31)32)14-25(30)23-9-7-21(28)11-16(23)2/h3-12,19H,13-14H2,1-2H3,(H,31,32). The van der Waals surface area contributed by atoms with Crippen molar-refractivity contribution in [3.63, 3.8) is 0 Å². The molecule has 0 atom stereocenters. The summed E-state index contributed by atoms with van der Waals surface area (Å²) in [5.41, 5.74) is 2.23. The molecule has 3 rings (SSSR count). The molecule has 0 saturated heterocycles. The lowest BCUT2D eigenvalue weighted by Crippen LogP contribution is -2.15. The van der Waals surface area contributed by atoms with E-state index in [1.807, 2.05) is 0 Å². The lowest BCUT2D eigenvalue weighted by atomic mass is 9.84. The monoisotopic (exact) mass is 436 g/mol. The number of hydrogen-bond donors (Lipinski definition) is 1. The van der Waals surface area contributed by atoms with Crippen LogP contribution in [0.2, 0.25) is 0 Å². The molecule has 0 saturated carbocycles. The quantitative estimate of drug-likeness (QED) is 0.446. The first-order valence-electron chi connectivity index (χ1n) is 10.1. The number of carboxylic acids is 1. The van der Waals surface area contributed by atoms with Crippen molar-refractivity contribution in [3.05, 3.63) is 106 Å². The summed E-state index contributed by atoms with van der Waals surface area (Å²) in [4.78, 5) is 37.4. The van der Waals surface area contributed by atoms with Crippen molar-refractivity contribution in [1.29, 1.82) is 0 Å². The molecule has 1 N–H and O–H groups in total. The average molecular weight is 436 g/mol. The van der Waals surface area contributed by atoms with Gasteiger partial charge in [0, 0.05) is 24.0 Å². The molecule has 4 nitrogen and oxygen atoms in total. The van der Waals surface area contributed by atoms with Gasteiger partial charge < -0.3 is 5.11 Å². The summed E-state index contributed by atoms with van der Waals surface area (Å²) < 4.78 is 26.9. The van der Waals surface area contributed by atoms with E-state index in [4.69, 9.17) is 0 Å². The number of benzene rings is 3. The highest BCUT2D eigenvalue weighted by Crippen LogP contribution is 2.29. The smallest absolute Gasteiger partial charge is 0.335 e. The Balaban J connectivity index is 1.95. The highest BCUT2D eigenvalue weighted by Gasteiger charge is 2.24. The van der Waals surface area contributed by atoms with E-state index in [0.29, 0.717) is 27.8 Å². The Bertz CT molecular complexity index is 1130. The van der Waals surface area contributed by atoms with Crippen LogP contribution in [0.4, 0.5) is 8.78 Å². The molecule has 164 valence electrons. The van der Waals surface area contributed by atoms with Crippen LogP contribution in [-0.2, 0) is 0 Å². The second-order valence-electron chi connectivity index (χ2n) is 7.80. The van der Waals surface area contributed by atoms with Gasteiger partial charge in [-0.1, -0.05) is 12.1 Å². The minimum atomic E-state index is -1.12. The number of carboxylic acid groups (broad SMARTS) is 1. The molecule has 32 heavy (non-hydrogen) atoms. The molecule has 0 spiro atoms. The van der Waals surface area contributed by atoms with Crippen molar-refractivity contribution in [3.8, 4) is 0 Å². The van der Waals surface area contributed by atoms with E-state index in [9.17, 15) is 28.3 Å². The van der Waals surface area contributed by atoms with Gasteiger partial charge in [0.1, 0.15) is 11.6 Å². The molecule has 0 amide bonds. The van der Waals surface area contributed by atoms with E-state index in [2.05, 4.69) is 0 Å². The summed E-state index contributed by atoms with van der Waals surface area (Å²) in [5, 5.41) is 9.33. The van der Waals surface area contributed by atoms with Gasteiger partial charge >= 0.3 is 5.97 Å². The average Bonchev–Trinajstić information content (AvgIpc) is 2.73. The lowest BCUT2D eigenvalue weighted by Gasteiger charge is -2.18. The molecule has 6 heteroatoms. The summed E-state index contributed by atoms with van der Waals surface area (Å²) in [5.74, 6) is -3.19. The van der Waals surface area contributed by atoms with Gasteiger partial charge in [0.2, 0.25) is 0 Å². The second kappa shape index (κ2) is 9.64. The predicted molar refractivity (Wildman–Crippen MR) is 116 cm³/mol. The highest BCUT2D eigenvalue weighted by molar-refractivity contribution is 6.00. The number of aromatic carboxylic acids is 1. The zero-order valence-corrected chi connectivity index (χ0v) is 17.7. The fourth-order valence-electron chi connectivity index (χ4n) is 3.78. The van der Waals surface area contributed by atoms with E-state index < -0.39 is 23.5 Å². The normalized spacial score (nSPS) is 10.9. The summed E-state index contributed by atoms with van der Waals surface area (Å²) in [6.45, 7) is 3.26. The zero-order chi connectivity index (χ0) is 23.4. The molecule has 0 fully saturated rings. The van der Waals surface area contributed by atoms with E-state index >= 15 is 0 Å². The van der Waals surface area contributed by atoms with E-state index in [1.54, 1.807) is 26.0 Å². The molecule has 0 radical (unpaired) electrons. The number of hydrogen-bond acceptors (Lipinski definition) is 3. The predicted octanol–water partition coefficient (Wildman–Crippen LogP) is 5.91. The Morgan fingerprint density at radius 1 is 0.781 bits per heavy atom. The topological polar surface area (TPSA) is 71.4 Å². The third-order valence-corrected chi connectivity index (χ3v) is 5.45. The van der Waals surface area contributed by atoms with Crippen molar-refractivity contribution in [1.82, 2.24) is 0 Å². The van der Waals surface area contributed by atoms with Crippen LogP contribution in [0.5, 0.6) is 0 Å². The summed E-state index contributed by atoms with van der Waals surface area (Å²) in [6.07, 6.45) is -0.136. The third-order valence-electron chi connectivity index (χ3n) is 5.45. The van der Waals surface area contributed by atoms with Crippen molar-refractivity contribution < 1.29 is 28.3 Å². The maximum Gasteiger partial charge on any atom is 0.335 e. The Hall–Kier alpha value is -3.67. The summed E-state index contributed by atoms with van der Waals surface area (Å²) in [7, 11) is 0. The number of rotatable bonds is 8. The second-order valence-corrected chi connectivity index (χ2v) is 7.80. The first-order valence-corrected chi connectivity index (χ1v) is 10.1. The van der Waals surface area contributed by atoms with E-state index in [0.717, 1.165) is 0 Å². The molecule has 3 aromatic rings. The largest absolute Gasteiger partial charge is 0.478 e. The molecule has 0 aliphatic carbocycles. The van der Waals surface area contributed by atoms with Crippen molar-refractivity contribution >= 4 is 17.5 Å². The Morgan fingerprint density at radius 2 is 1.28 bits per heavy atom. The van der Waals surface area contributed by atoms with Gasteiger partial charge in [0.15, 0.2) is 11.6 Å². The van der Waals surface area contributed by atoms with Crippen LogP contribution in [0.25, 0.3) is 0 Å². The zero-order valence-electron chi connectivity index (χ0n) is 17.7. The molecule has 0 unspecified atom stereocenters. The van der Waals surface area contributed by atoms with Crippen LogP contribution in [0.3, 0.4) is 0 Å². The van der Waals surface area contributed by atoms with Crippen molar-refractivity contribution in [2.75, 3.05) is 0 Å². The van der Waals surface area contributed by atoms with Crippen LogP contribution < -0.4 is 0 Å². The summed E-state index contributed by atoms with van der Waals surface area (Å²) in [6, 6.07) is 13.9. The molecule has 0 bridgehead atoms. The molecule has 3 aromatic carbocycles. The first kappa shape index (κ1) is 23.0. The van der Waals surface area contributed by atoms with Crippen LogP contribution >= 0.6 is 0 Å². The lowest BCUT2D eigenvalue weighted by molar-refractivity contribution is 0.0696. The SMILES string of the molecule is Cc1cc(F)ccc1C(=O)CC(CC(=O)c1ccc(F)cc1C)c1cccc(C(=O)O)c1. The Kier molecular flexibility index (Phi) is 6.93. The number of ketones is 2. The van der Waals surface area contributed by atoms with Gasteiger partial charge in [0.05, 0.1) is 5.56 Å². The number of halogens is 2. The van der Waals surface area contributed by atoms with Crippen LogP contribution in [0.1, 0.15) is 66.5 Å². The molecule has 0 heterocycles. The molecule has 0 aliphatic rings. The fourth-order valence-corrected chi connectivity index (χ4v) is 3.78.